The van der Waals surface area contributed by atoms with Crippen LogP contribution in [-0.4, -0.2) is 30.8 Å². The van der Waals surface area contributed by atoms with Crippen LogP contribution in [0, 0.1) is 0 Å². The average Bonchev–Trinajstić information content (AvgIpc) is 3.16. The average molecular weight is 433 g/mol. The molecule has 2 aromatic heterocycles. The molecule has 0 aliphatic carbocycles. The van der Waals surface area contributed by atoms with E-state index in [2.05, 4.69) is 28.6 Å². The fraction of sp³-hybridized carbons (Fsp3) is 0.346. The molecule has 0 amide bonds. The second-order valence-corrected chi connectivity index (χ2v) is 7.71. The van der Waals surface area contributed by atoms with Gasteiger partial charge in [0.1, 0.15) is 12.2 Å². The smallest absolute Gasteiger partial charge is 0.281 e. The fourth-order valence-electron chi connectivity index (χ4n) is 3.63. The molecule has 0 unspecified atom stereocenters. The van der Waals surface area contributed by atoms with E-state index in [1.165, 1.54) is 5.56 Å². The molecule has 2 heterocycles. The second-order valence-electron chi connectivity index (χ2n) is 7.71. The Labute approximate surface area is 189 Å². The third-order valence-electron chi connectivity index (χ3n) is 5.19. The largest absolute Gasteiger partial charge is 0.397 e. The maximum Gasteiger partial charge on any atom is 0.281 e. The van der Waals surface area contributed by atoms with Crippen LogP contribution in [0.1, 0.15) is 50.1 Å². The van der Waals surface area contributed by atoms with Crippen LogP contribution in [0.25, 0.3) is 11.2 Å². The first-order chi connectivity index (χ1) is 15.7. The zero-order valence-electron chi connectivity index (χ0n) is 18.9. The molecular weight excluding hydrogens is 400 g/mol. The number of unbranched alkanes of at least 4 members (excludes halogenated alkanes) is 2. The van der Waals surface area contributed by atoms with Crippen LogP contribution in [0.3, 0.4) is 0 Å². The minimum atomic E-state index is -0.0811. The molecule has 32 heavy (non-hydrogen) atoms. The van der Waals surface area contributed by atoms with Crippen LogP contribution in [0.15, 0.2) is 71.8 Å². The van der Waals surface area contributed by atoms with E-state index < -0.39 is 0 Å². The zero-order valence-corrected chi connectivity index (χ0v) is 18.9. The Balaban J connectivity index is 0.000000913. The molecule has 0 spiro atoms. The molecular formula is C26H32N4O2. The van der Waals surface area contributed by atoms with Crippen LogP contribution < -0.4 is 5.56 Å². The number of aliphatic hydroxyl groups excluding tert-OH is 1. The Kier molecular flexibility index (Phi) is 8.75. The van der Waals surface area contributed by atoms with Gasteiger partial charge in [0.15, 0.2) is 11.2 Å². The summed E-state index contributed by atoms with van der Waals surface area (Å²) in [6.07, 6.45) is 5.87. The lowest BCUT2D eigenvalue weighted by Crippen LogP contribution is -2.21. The van der Waals surface area contributed by atoms with E-state index >= 15 is 0 Å². The highest BCUT2D eigenvalue weighted by atomic mass is 16.2. The minimum Gasteiger partial charge on any atom is -0.397 e. The maximum atomic E-state index is 13.1. The number of aryl methyl sites for hydroxylation is 1. The normalized spacial score (nSPS) is 10.7. The first-order valence-corrected chi connectivity index (χ1v) is 11.3. The van der Waals surface area contributed by atoms with E-state index in [-0.39, 0.29) is 12.2 Å². The number of hydrogen-bond acceptors (Lipinski definition) is 4. The van der Waals surface area contributed by atoms with Gasteiger partial charge in [0.2, 0.25) is 0 Å². The summed E-state index contributed by atoms with van der Waals surface area (Å²) in [5, 5.41) is 7.57. The third-order valence-corrected chi connectivity index (χ3v) is 5.19. The Hall–Kier alpha value is -3.25. The van der Waals surface area contributed by atoms with E-state index in [9.17, 15) is 4.79 Å². The van der Waals surface area contributed by atoms with Crippen molar-refractivity contribution in [3.8, 4) is 0 Å². The van der Waals surface area contributed by atoms with Crippen molar-refractivity contribution in [2.45, 2.75) is 52.6 Å². The molecule has 4 rings (SSSR count). The Morgan fingerprint density at radius 1 is 0.875 bits per heavy atom. The molecule has 168 valence electrons. The lowest BCUT2D eigenvalue weighted by Gasteiger charge is -2.09. The van der Waals surface area contributed by atoms with Gasteiger partial charge in [-0.3, -0.25) is 9.36 Å². The van der Waals surface area contributed by atoms with E-state index in [0.717, 1.165) is 37.1 Å². The topological polar surface area (TPSA) is 72.9 Å². The summed E-state index contributed by atoms with van der Waals surface area (Å²) in [6.45, 7) is 5.30. The van der Waals surface area contributed by atoms with E-state index in [4.69, 9.17) is 10.1 Å². The van der Waals surface area contributed by atoms with Crippen molar-refractivity contribution in [3.05, 3.63) is 94.3 Å². The van der Waals surface area contributed by atoms with Crippen LogP contribution in [0.4, 0.5) is 0 Å². The van der Waals surface area contributed by atoms with Gasteiger partial charge in [-0.05, 0) is 24.5 Å². The van der Waals surface area contributed by atoms with E-state index in [1.54, 1.807) is 17.8 Å². The Bertz CT molecular complexity index is 1150. The number of fused-ring (bicyclic) bond motifs is 1. The lowest BCUT2D eigenvalue weighted by atomic mass is 10.2. The zero-order chi connectivity index (χ0) is 22.8. The standard InChI is InChI=1S/C24H26N4O.C2H6O/c1-2-3-6-15-21-26-22-23(28(21)17-20-13-9-5-10-14-20)25-18-27(24(22)29)16-19-11-7-4-8-12-19;1-2-3/h4-5,7-14,18H,2-3,6,15-17H2,1H3;3H,2H2,1H3. The van der Waals surface area contributed by atoms with Gasteiger partial charge >= 0.3 is 0 Å². The molecule has 0 bridgehead atoms. The molecule has 0 atom stereocenters. The summed E-state index contributed by atoms with van der Waals surface area (Å²) < 4.78 is 3.75. The molecule has 6 nitrogen and oxygen atoms in total. The summed E-state index contributed by atoms with van der Waals surface area (Å²) in [5.74, 6) is 0.944. The van der Waals surface area contributed by atoms with Crippen LogP contribution >= 0.6 is 0 Å². The van der Waals surface area contributed by atoms with Crippen LogP contribution in [-0.2, 0) is 19.5 Å². The first-order valence-electron chi connectivity index (χ1n) is 11.3. The highest BCUT2D eigenvalue weighted by molar-refractivity contribution is 5.70. The number of benzene rings is 2. The highest BCUT2D eigenvalue weighted by Crippen LogP contribution is 2.16. The number of rotatable bonds is 8. The summed E-state index contributed by atoms with van der Waals surface area (Å²) >= 11 is 0. The molecule has 0 aliphatic heterocycles. The van der Waals surface area contributed by atoms with Crippen molar-refractivity contribution in [1.82, 2.24) is 19.1 Å². The summed E-state index contributed by atoms with van der Waals surface area (Å²) in [6, 6.07) is 20.2. The number of hydrogen-bond donors (Lipinski definition) is 1. The minimum absolute atomic E-state index is 0.0811. The molecule has 0 fully saturated rings. The van der Waals surface area contributed by atoms with Crippen molar-refractivity contribution >= 4 is 11.2 Å². The summed E-state index contributed by atoms with van der Waals surface area (Å²) in [7, 11) is 0. The van der Waals surface area contributed by atoms with Gasteiger partial charge in [0.25, 0.3) is 5.56 Å². The molecule has 4 aromatic rings. The number of imidazole rings is 1. The van der Waals surface area contributed by atoms with Gasteiger partial charge in [-0.1, -0.05) is 80.4 Å². The van der Waals surface area contributed by atoms with Gasteiger partial charge < -0.3 is 9.67 Å². The highest BCUT2D eigenvalue weighted by Gasteiger charge is 2.16. The van der Waals surface area contributed by atoms with Crippen molar-refractivity contribution in [1.29, 1.82) is 0 Å². The molecule has 0 radical (unpaired) electrons. The van der Waals surface area contributed by atoms with Gasteiger partial charge in [0.05, 0.1) is 13.1 Å². The molecule has 0 aliphatic rings. The molecule has 0 saturated carbocycles. The SMILES string of the molecule is CCCCCc1nc2c(=O)n(Cc3ccccc3)cnc2n1Cc1ccccc1.CCO. The monoisotopic (exact) mass is 432 g/mol. The van der Waals surface area contributed by atoms with Gasteiger partial charge in [-0.15, -0.1) is 0 Å². The second kappa shape index (κ2) is 12.0. The van der Waals surface area contributed by atoms with Gasteiger partial charge in [0, 0.05) is 13.0 Å². The molecule has 0 saturated heterocycles. The summed E-state index contributed by atoms with van der Waals surface area (Å²) in [5.41, 5.74) is 3.31. The van der Waals surface area contributed by atoms with E-state index in [0.29, 0.717) is 24.3 Å². The van der Waals surface area contributed by atoms with Crippen molar-refractivity contribution in [2.75, 3.05) is 6.61 Å². The van der Waals surface area contributed by atoms with Gasteiger partial charge in [-0.25, -0.2) is 9.97 Å². The number of aliphatic hydroxyl groups is 1. The van der Waals surface area contributed by atoms with E-state index in [1.807, 2.05) is 48.5 Å². The van der Waals surface area contributed by atoms with Crippen LogP contribution in [0.5, 0.6) is 0 Å². The molecule has 2 aromatic carbocycles. The van der Waals surface area contributed by atoms with Crippen molar-refractivity contribution in [2.24, 2.45) is 0 Å². The first kappa shape index (κ1) is 23.4. The summed E-state index contributed by atoms with van der Waals surface area (Å²) in [4.78, 5) is 22.5. The lowest BCUT2D eigenvalue weighted by molar-refractivity contribution is 0.318. The third kappa shape index (κ3) is 5.92. The Morgan fingerprint density at radius 3 is 2.06 bits per heavy atom. The predicted octanol–water partition coefficient (Wildman–Crippen LogP) is 4.42. The van der Waals surface area contributed by atoms with Crippen LogP contribution in [0.2, 0.25) is 0 Å². The van der Waals surface area contributed by atoms with Gasteiger partial charge in [-0.2, -0.15) is 0 Å². The number of nitrogens with zero attached hydrogens (tertiary/aromatic N) is 4. The molecule has 1 N–H and O–H groups in total. The maximum absolute atomic E-state index is 13.1. The molecule has 6 heteroatoms. The predicted molar refractivity (Wildman–Crippen MR) is 129 cm³/mol. The Morgan fingerprint density at radius 2 is 1.47 bits per heavy atom. The number of aromatic nitrogens is 4. The van der Waals surface area contributed by atoms with Crippen molar-refractivity contribution < 1.29 is 5.11 Å². The fourth-order valence-corrected chi connectivity index (χ4v) is 3.63. The quantitative estimate of drug-likeness (QED) is 0.418. The van der Waals surface area contributed by atoms with Crippen molar-refractivity contribution in [3.63, 3.8) is 0 Å².